The Morgan fingerprint density at radius 1 is 1.21 bits per heavy atom. The van der Waals surface area contributed by atoms with Crippen molar-refractivity contribution in [3.05, 3.63) is 34.9 Å². The molecule has 2 rings (SSSR count). The second-order valence-electron chi connectivity index (χ2n) is 3.13. The van der Waals surface area contributed by atoms with Crippen LogP contribution >= 0.6 is 0 Å². The van der Waals surface area contributed by atoms with Crippen LogP contribution in [0.15, 0.2) is 18.2 Å². The molecular formula is C12H17NO. The molecule has 2 heteroatoms. The maximum absolute atomic E-state index is 7.64. The molecule has 1 heterocycles. The van der Waals surface area contributed by atoms with Crippen LogP contribution in [0.4, 0.5) is 0 Å². The summed E-state index contributed by atoms with van der Waals surface area (Å²) >= 11 is 0. The van der Waals surface area contributed by atoms with Crippen molar-refractivity contribution in [2.75, 3.05) is 6.61 Å². The number of rotatable bonds is 0. The van der Waals surface area contributed by atoms with Gasteiger partial charge < -0.3 is 10.1 Å². The molecule has 0 saturated heterocycles. The number of ether oxygens (including phenoxy) is 1. The van der Waals surface area contributed by atoms with Crippen molar-refractivity contribution in [3.63, 3.8) is 0 Å². The zero-order valence-corrected chi connectivity index (χ0v) is 9.05. The highest BCUT2D eigenvalue weighted by Gasteiger charge is 2.13. The third-order valence-electron chi connectivity index (χ3n) is 2.09. The first-order valence-electron chi connectivity index (χ1n) is 5.02. The lowest BCUT2D eigenvalue weighted by Gasteiger charge is -2.17. The highest BCUT2D eigenvalue weighted by Crippen LogP contribution is 2.17. The molecule has 1 aromatic rings. The van der Waals surface area contributed by atoms with Crippen molar-refractivity contribution in [3.8, 4) is 0 Å². The maximum atomic E-state index is 7.64. The van der Waals surface area contributed by atoms with E-state index in [1.54, 1.807) is 0 Å². The number of aryl methyl sites for hydroxylation is 1. The van der Waals surface area contributed by atoms with Gasteiger partial charge in [-0.3, -0.25) is 0 Å². The fraction of sp³-hybridized carbons (Fsp3) is 0.417. The van der Waals surface area contributed by atoms with Crippen molar-refractivity contribution >= 4 is 5.71 Å². The molecule has 76 valence electrons. The molecule has 0 spiro atoms. The molecule has 1 N–H and O–H groups in total. The number of hydrogen-bond donors (Lipinski definition) is 1. The first kappa shape index (κ1) is 10.9. The van der Waals surface area contributed by atoms with Gasteiger partial charge in [0.2, 0.25) is 0 Å². The quantitative estimate of drug-likeness (QED) is 0.672. The van der Waals surface area contributed by atoms with Crippen molar-refractivity contribution < 1.29 is 4.74 Å². The molecule has 0 atom stereocenters. The van der Waals surface area contributed by atoms with E-state index in [9.17, 15) is 0 Å². The van der Waals surface area contributed by atoms with Crippen molar-refractivity contribution in [1.82, 2.24) is 0 Å². The van der Waals surface area contributed by atoms with Crippen LogP contribution in [0.5, 0.6) is 0 Å². The third kappa shape index (κ3) is 2.20. The van der Waals surface area contributed by atoms with E-state index in [1.165, 1.54) is 5.56 Å². The van der Waals surface area contributed by atoms with Crippen molar-refractivity contribution in [2.24, 2.45) is 0 Å². The van der Waals surface area contributed by atoms with E-state index in [2.05, 4.69) is 12.1 Å². The lowest BCUT2D eigenvalue weighted by molar-refractivity contribution is 0.151. The van der Waals surface area contributed by atoms with Crippen molar-refractivity contribution in [1.29, 1.82) is 5.41 Å². The molecule has 0 unspecified atom stereocenters. The van der Waals surface area contributed by atoms with E-state index in [0.717, 1.165) is 11.1 Å². The molecule has 0 radical (unpaired) electrons. The molecule has 0 aromatic heterocycles. The lowest BCUT2D eigenvalue weighted by Crippen LogP contribution is -2.17. The first-order valence-corrected chi connectivity index (χ1v) is 5.02. The Morgan fingerprint density at radius 2 is 1.93 bits per heavy atom. The second kappa shape index (κ2) is 4.91. The standard InChI is InChI=1S/C10H11NO.C2H6/c1-7-2-3-8-5-12-6-10(11)9(8)4-7;1-2/h2-4,11H,5-6H2,1H3;1-2H3. The van der Waals surface area contributed by atoms with Gasteiger partial charge in [-0.25, -0.2) is 0 Å². The number of fused-ring (bicyclic) bond motifs is 1. The van der Waals surface area contributed by atoms with E-state index in [1.807, 2.05) is 26.8 Å². The van der Waals surface area contributed by atoms with Gasteiger partial charge in [-0.05, 0) is 18.6 Å². The summed E-state index contributed by atoms with van der Waals surface area (Å²) in [6.07, 6.45) is 0. The van der Waals surface area contributed by atoms with Gasteiger partial charge in [0.15, 0.2) is 0 Å². The lowest BCUT2D eigenvalue weighted by atomic mass is 9.99. The maximum Gasteiger partial charge on any atom is 0.0891 e. The van der Waals surface area contributed by atoms with Crippen LogP contribution in [0.3, 0.4) is 0 Å². The Balaban J connectivity index is 0.000000461. The fourth-order valence-corrected chi connectivity index (χ4v) is 1.44. The second-order valence-corrected chi connectivity index (χ2v) is 3.13. The monoisotopic (exact) mass is 191 g/mol. The highest BCUT2D eigenvalue weighted by molar-refractivity contribution is 6.01. The summed E-state index contributed by atoms with van der Waals surface area (Å²) in [7, 11) is 0. The van der Waals surface area contributed by atoms with Gasteiger partial charge in [-0.15, -0.1) is 0 Å². The van der Waals surface area contributed by atoms with Crippen LogP contribution in [0.1, 0.15) is 30.5 Å². The van der Waals surface area contributed by atoms with Gasteiger partial charge in [0.25, 0.3) is 0 Å². The summed E-state index contributed by atoms with van der Waals surface area (Å²) in [5, 5.41) is 7.64. The Labute approximate surface area is 85.4 Å². The fourth-order valence-electron chi connectivity index (χ4n) is 1.44. The molecule has 2 nitrogen and oxygen atoms in total. The SMILES string of the molecule is CC.Cc1ccc2c(c1)C(=N)COC2. The molecule has 1 aromatic carbocycles. The van der Waals surface area contributed by atoms with Gasteiger partial charge in [0.1, 0.15) is 0 Å². The van der Waals surface area contributed by atoms with Crippen LogP contribution in [-0.4, -0.2) is 12.3 Å². The van der Waals surface area contributed by atoms with E-state index in [-0.39, 0.29) is 0 Å². The van der Waals surface area contributed by atoms with E-state index >= 15 is 0 Å². The molecule has 0 amide bonds. The number of nitrogens with one attached hydrogen (secondary N) is 1. The summed E-state index contributed by atoms with van der Waals surface area (Å²) in [4.78, 5) is 0. The van der Waals surface area contributed by atoms with E-state index in [0.29, 0.717) is 18.9 Å². The summed E-state index contributed by atoms with van der Waals surface area (Å²) in [6.45, 7) is 7.15. The average Bonchev–Trinajstić information content (AvgIpc) is 2.22. The van der Waals surface area contributed by atoms with E-state index < -0.39 is 0 Å². The largest absolute Gasteiger partial charge is 0.370 e. The summed E-state index contributed by atoms with van der Waals surface area (Å²) in [6, 6.07) is 6.15. The van der Waals surface area contributed by atoms with Gasteiger partial charge in [0, 0.05) is 5.56 Å². The van der Waals surface area contributed by atoms with Gasteiger partial charge >= 0.3 is 0 Å². The molecule has 1 aliphatic rings. The minimum Gasteiger partial charge on any atom is -0.370 e. The van der Waals surface area contributed by atoms with Gasteiger partial charge in [-0.1, -0.05) is 31.5 Å². The Bertz CT molecular complexity index is 331. The van der Waals surface area contributed by atoms with Crippen LogP contribution in [-0.2, 0) is 11.3 Å². The minimum absolute atomic E-state index is 0.455. The van der Waals surface area contributed by atoms with Crippen LogP contribution < -0.4 is 0 Å². The molecule has 1 aliphatic heterocycles. The van der Waals surface area contributed by atoms with Crippen molar-refractivity contribution in [2.45, 2.75) is 27.4 Å². The highest BCUT2D eigenvalue weighted by atomic mass is 16.5. The summed E-state index contributed by atoms with van der Waals surface area (Å²) < 4.78 is 5.22. The third-order valence-corrected chi connectivity index (χ3v) is 2.09. The smallest absolute Gasteiger partial charge is 0.0891 e. The molecule has 14 heavy (non-hydrogen) atoms. The Kier molecular flexibility index (Phi) is 3.84. The molecule has 0 saturated carbocycles. The average molecular weight is 191 g/mol. The number of benzene rings is 1. The zero-order chi connectivity index (χ0) is 10.6. The van der Waals surface area contributed by atoms with E-state index in [4.69, 9.17) is 10.1 Å². The Morgan fingerprint density at radius 3 is 2.64 bits per heavy atom. The van der Waals surface area contributed by atoms with Gasteiger partial charge in [0.05, 0.1) is 18.9 Å². The molecule has 0 aliphatic carbocycles. The normalized spacial score (nSPS) is 14.1. The van der Waals surface area contributed by atoms with Gasteiger partial charge in [-0.2, -0.15) is 0 Å². The van der Waals surface area contributed by atoms with Crippen LogP contribution in [0.25, 0.3) is 0 Å². The van der Waals surface area contributed by atoms with Crippen LogP contribution in [0.2, 0.25) is 0 Å². The summed E-state index contributed by atoms with van der Waals surface area (Å²) in [5.41, 5.74) is 4.00. The van der Waals surface area contributed by atoms with Crippen LogP contribution in [0, 0.1) is 12.3 Å². The predicted molar refractivity (Wildman–Crippen MR) is 59.0 cm³/mol. The minimum atomic E-state index is 0.455. The Hall–Kier alpha value is -1.15. The topological polar surface area (TPSA) is 33.1 Å². The number of hydrogen-bond acceptors (Lipinski definition) is 2. The molecule has 0 bridgehead atoms. The first-order chi connectivity index (χ1) is 6.77. The summed E-state index contributed by atoms with van der Waals surface area (Å²) in [5.74, 6) is 0. The zero-order valence-electron chi connectivity index (χ0n) is 9.05. The predicted octanol–water partition coefficient (Wildman–Crippen LogP) is 2.92. The molecule has 0 fully saturated rings. The molecular weight excluding hydrogens is 174 g/mol.